The molecule has 1 fully saturated rings. The third kappa shape index (κ3) is 3.74. The number of hydrogen-bond donors (Lipinski definition) is 1. The monoisotopic (exact) mass is 326 g/mol. The zero-order valence-corrected chi connectivity index (χ0v) is 13.3. The molecule has 2 atom stereocenters. The highest BCUT2D eigenvalue weighted by Crippen LogP contribution is 2.19. The molecule has 3 rings (SSSR count). The number of carbonyl (C=O) groups excluding carboxylic acids is 2. The van der Waals surface area contributed by atoms with E-state index in [4.69, 9.17) is 9.47 Å². The SMILES string of the molecule is Cc1ccc(CC2OC(=O)C(Cc3ccc(O)cc3)OC2=O)cc1. The smallest absolute Gasteiger partial charge is 0.348 e. The van der Waals surface area contributed by atoms with Gasteiger partial charge in [-0.3, -0.25) is 0 Å². The lowest BCUT2D eigenvalue weighted by Crippen LogP contribution is -2.45. The number of esters is 2. The van der Waals surface area contributed by atoms with Gasteiger partial charge in [-0.25, -0.2) is 9.59 Å². The molecule has 1 N–H and O–H groups in total. The number of cyclic esters (lactones) is 2. The van der Waals surface area contributed by atoms with Gasteiger partial charge in [0.2, 0.25) is 12.2 Å². The van der Waals surface area contributed by atoms with E-state index in [0.717, 1.165) is 16.7 Å². The minimum Gasteiger partial charge on any atom is -0.508 e. The van der Waals surface area contributed by atoms with Gasteiger partial charge in [0.1, 0.15) is 5.75 Å². The van der Waals surface area contributed by atoms with Crippen molar-refractivity contribution in [2.75, 3.05) is 0 Å². The summed E-state index contributed by atoms with van der Waals surface area (Å²) in [5.74, 6) is -0.932. The number of aryl methyl sites for hydroxylation is 1. The molecule has 1 saturated heterocycles. The predicted octanol–water partition coefficient (Wildman–Crippen LogP) is 2.32. The summed E-state index contributed by atoms with van der Waals surface area (Å²) in [5, 5.41) is 9.27. The molecule has 124 valence electrons. The van der Waals surface area contributed by atoms with E-state index in [0.29, 0.717) is 6.42 Å². The molecule has 5 nitrogen and oxygen atoms in total. The lowest BCUT2D eigenvalue weighted by molar-refractivity contribution is -0.194. The second kappa shape index (κ2) is 6.74. The molecule has 0 radical (unpaired) electrons. The first-order valence-electron chi connectivity index (χ1n) is 7.76. The summed E-state index contributed by atoms with van der Waals surface area (Å²) in [6.45, 7) is 1.98. The average Bonchev–Trinajstić information content (AvgIpc) is 2.56. The van der Waals surface area contributed by atoms with Gasteiger partial charge < -0.3 is 14.6 Å². The van der Waals surface area contributed by atoms with Gasteiger partial charge in [-0.15, -0.1) is 0 Å². The van der Waals surface area contributed by atoms with E-state index in [1.807, 2.05) is 31.2 Å². The molecule has 0 amide bonds. The van der Waals surface area contributed by atoms with Gasteiger partial charge in [0.15, 0.2) is 0 Å². The molecule has 24 heavy (non-hydrogen) atoms. The Bertz CT molecular complexity index is 668. The normalized spacial score (nSPS) is 20.4. The van der Waals surface area contributed by atoms with E-state index in [1.165, 1.54) is 12.1 Å². The predicted molar refractivity (Wildman–Crippen MR) is 86.5 cm³/mol. The number of benzene rings is 2. The lowest BCUT2D eigenvalue weighted by Gasteiger charge is -2.27. The second-order valence-electron chi connectivity index (χ2n) is 5.91. The Hall–Kier alpha value is -2.82. The van der Waals surface area contributed by atoms with Crippen molar-refractivity contribution < 1.29 is 24.2 Å². The summed E-state index contributed by atoms with van der Waals surface area (Å²) in [5.41, 5.74) is 2.81. The fourth-order valence-electron chi connectivity index (χ4n) is 2.56. The molecule has 1 aliphatic rings. The van der Waals surface area contributed by atoms with Crippen LogP contribution in [0.25, 0.3) is 0 Å². The number of ether oxygens (including phenoxy) is 2. The van der Waals surface area contributed by atoms with Gasteiger partial charge >= 0.3 is 11.9 Å². The van der Waals surface area contributed by atoms with Crippen LogP contribution in [0.1, 0.15) is 16.7 Å². The minimum atomic E-state index is -0.948. The van der Waals surface area contributed by atoms with Crippen LogP contribution in [-0.4, -0.2) is 29.3 Å². The van der Waals surface area contributed by atoms with Gasteiger partial charge in [0.05, 0.1) is 0 Å². The Labute approximate surface area is 139 Å². The molecule has 2 unspecified atom stereocenters. The molecule has 0 spiro atoms. The number of carbonyl (C=O) groups is 2. The third-order valence-corrected chi connectivity index (χ3v) is 3.94. The first kappa shape index (κ1) is 16.1. The van der Waals surface area contributed by atoms with Crippen molar-refractivity contribution in [1.29, 1.82) is 0 Å². The lowest BCUT2D eigenvalue weighted by atomic mass is 10.0. The molecule has 0 bridgehead atoms. The quantitative estimate of drug-likeness (QED) is 0.873. The first-order valence-corrected chi connectivity index (χ1v) is 7.76. The van der Waals surface area contributed by atoms with Crippen LogP contribution in [0, 0.1) is 6.92 Å². The topological polar surface area (TPSA) is 72.8 Å². The van der Waals surface area contributed by atoms with Crippen molar-refractivity contribution in [1.82, 2.24) is 0 Å². The van der Waals surface area contributed by atoms with Gasteiger partial charge in [-0.05, 0) is 30.2 Å². The standard InChI is InChI=1S/C19H18O5/c1-12-2-4-13(5-3-12)10-16-18(21)24-17(19(22)23-16)11-14-6-8-15(20)9-7-14/h2-9,16-17,20H,10-11H2,1H3. The number of phenols is 1. The maximum atomic E-state index is 12.1. The summed E-state index contributed by atoms with van der Waals surface area (Å²) in [6, 6.07) is 14.1. The van der Waals surface area contributed by atoms with Crippen LogP contribution in [0.5, 0.6) is 5.75 Å². The summed E-state index contributed by atoms with van der Waals surface area (Å²) in [6.07, 6.45) is -1.33. The van der Waals surface area contributed by atoms with Crippen LogP contribution in [0.2, 0.25) is 0 Å². The molecule has 5 heteroatoms. The van der Waals surface area contributed by atoms with Crippen LogP contribution < -0.4 is 0 Å². The van der Waals surface area contributed by atoms with Crippen molar-refractivity contribution in [3.63, 3.8) is 0 Å². The molecule has 2 aromatic carbocycles. The maximum Gasteiger partial charge on any atom is 0.348 e. The molecule has 0 aromatic heterocycles. The average molecular weight is 326 g/mol. The van der Waals surface area contributed by atoms with Crippen LogP contribution in [-0.2, 0) is 31.9 Å². The fourth-order valence-corrected chi connectivity index (χ4v) is 2.56. The van der Waals surface area contributed by atoms with Crippen LogP contribution in [0.15, 0.2) is 48.5 Å². The molecule has 2 aromatic rings. The van der Waals surface area contributed by atoms with Gasteiger partial charge in [-0.2, -0.15) is 0 Å². The van der Waals surface area contributed by atoms with E-state index >= 15 is 0 Å². The largest absolute Gasteiger partial charge is 0.508 e. The Morgan fingerprint density at radius 3 is 1.67 bits per heavy atom. The second-order valence-corrected chi connectivity index (χ2v) is 5.91. The molecule has 0 saturated carbocycles. The summed E-state index contributed by atoms with van der Waals surface area (Å²) >= 11 is 0. The Morgan fingerprint density at radius 2 is 1.21 bits per heavy atom. The van der Waals surface area contributed by atoms with Gasteiger partial charge in [0, 0.05) is 12.8 Å². The molecule has 1 heterocycles. The zero-order chi connectivity index (χ0) is 17.1. The highest BCUT2D eigenvalue weighted by Gasteiger charge is 2.38. The Kier molecular flexibility index (Phi) is 4.51. The van der Waals surface area contributed by atoms with E-state index in [1.54, 1.807) is 12.1 Å². The Morgan fingerprint density at radius 1 is 0.792 bits per heavy atom. The molecule has 1 aliphatic heterocycles. The zero-order valence-electron chi connectivity index (χ0n) is 13.3. The molecular weight excluding hydrogens is 308 g/mol. The van der Waals surface area contributed by atoms with Gasteiger partial charge in [-0.1, -0.05) is 42.0 Å². The number of phenolic OH excluding ortho intramolecular Hbond substituents is 1. The Balaban J connectivity index is 1.63. The number of rotatable bonds is 4. The highest BCUT2D eigenvalue weighted by atomic mass is 16.6. The summed E-state index contributed by atoms with van der Waals surface area (Å²) < 4.78 is 10.5. The summed E-state index contributed by atoms with van der Waals surface area (Å²) in [7, 11) is 0. The van der Waals surface area contributed by atoms with E-state index in [9.17, 15) is 14.7 Å². The maximum absolute atomic E-state index is 12.1. The van der Waals surface area contributed by atoms with E-state index < -0.39 is 24.1 Å². The van der Waals surface area contributed by atoms with E-state index in [-0.39, 0.29) is 12.2 Å². The van der Waals surface area contributed by atoms with Gasteiger partial charge in [0.25, 0.3) is 0 Å². The molecular formula is C19H18O5. The van der Waals surface area contributed by atoms with Crippen LogP contribution in [0.4, 0.5) is 0 Å². The van der Waals surface area contributed by atoms with Crippen molar-refractivity contribution in [2.24, 2.45) is 0 Å². The van der Waals surface area contributed by atoms with Crippen molar-refractivity contribution in [2.45, 2.75) is 32.0 Å². The highest BCUT2D eigenvalue weighted by molar-refractivity contribution is 5.87. The fraction of sp³-hybridized carbons (Fsp3) is 0.263. The van der Waals surface area contributed by atoms with Crippen LogP contribution >= 0.6 is 0 Å². The summed E-state index contributed by atoms with van der Waals surface area (Å²) in [4.78, 5) is 24.2. The molecule has 0 aliphatic carbocycles. The third-order valence-electron chi connectivity index (χ3n) is 3.94. The van der Waals surface area contributed by atoms with Crippen molar-refractivity contribution in [3.8, 4) is 5.75 Å². The van der Waals surface area contributed by atoms with E-state index in [2.05, 4.69) is 0 Å². The van der Waals surface area contributed by atoms with Crippen molar-refractivity contribution in [3.05, 3.63) is 65.2 Å². The number of aromatic hydroxyl groups is 1. The van der Waals surface area contributed by atoms with Crippen molar-refractivity contribution >= 4 is 11.9 Å². The van der Waals surface area contributed by atoms with Crippen LogP contribution in [0.3, 0.4) is 0 Å². The number of hydrogen-bond acceptors (Lipinski definition) is 5. The minimum absolute atomic E-state index is 0.139. The first-order chi connectivity index (χ1) is 11.5.